The van der Waals surface area contributed by atoms with Gasteiger partial charge in [0, 0.05) is 43.2 Å². The van der Waals surface area contributed by atoms with Crippen LogP contribution in [0.2, 0.25) is 0 Å². The van der Waals surface area contributed by atoms with Gasteiger partial charge in [0.25, 0.3) is 0 Å². The summed E-state index contributed by atoms with van der Waals surface area (Å²) < 4.78 is 51.5. The summed E-state index contributed by atoms with van der Waals surface area (Å²) in [4.78, 5) is 14.8. The molecule has 2 fully saturated rings. The molecule has 3 aromatic rings. The summed E-state index contributed by atoms with van der Waals surface area (Å²) >= 11 is 0. The summed E-state index contributed by atoms with van der Waals surface area (Å²) in [7, 11) is 0. The minimum absolute atomic E-state index is 0.112. The van der Waals surface area contributed by atoms with Crippen LogP contribution in [0.3, 0.4) is 0 Å². The standard InChI is InChI=1S/C34H40F3N3O3/c1-33(2,3)43-32(41)40(27-15-16-38-21-27)18-17-39-30-20-28(30)25-11-14-31(42-22-23-7-5-4-6-8-23)29(19-25)24-9-12-26(13-10-24)34(35,36)37/h4-14,19,27-28,30,38-39H,15-18,20-22H2,1-3H3/t27-,28+,30-/m1/s1. The van der Waals surface area contributed by atoms with Crippen LogP contribution >= 0.6 is 0 Å². The second-order valence-electron chi connectivity index (χ2n) is 12.3. The van der Waals surface area contributed by atoms with Gasteiger partial charge < -0.3 is 25.0 Å². The van der Waals surface area contributed by atoms with Gasteiger partial charge in [0.15, 0.2) is 0 Å². The summed E-state index contributed by atoms with van der Waals surface area (Å²) in [6.45, 7) is 8.81. The number of hydrogen-bond acceptors (Lipinski definition) is 5. The SMILES string of the molecule is CC(C)(C)OC(=O)N(CCN[C@@H]1C[C@H]1c1ccc(OCc2ccccc2)c(-c2ccc(C(F)(F)F)cc2)c1)[C@@H]1CCNC1. The lowest BCUT2D eigenvalue weighted by Gasteiger charge is -2.31. The molecule has 6 nitrogen and oxygen atoms in total. The number of amides is 1. The summed E-state index contributed by atoms with van der Waals surface area (Å²) in [6.07, 6.45) is -2.85. The molecule has 43 heavy (non-hydrogen) atoms. The molecule has 1 saturated heterocycles. The van der Waals surface area contributed by atoms with Crippen molar-refractivity contribution in [1.29, 1.82) is 0 Å². The van der Waals surface area contributed by atoms with Crippen molar-refractivity contribution in [3.63, 3.8) is 0 Å². The van der Waals surface area contributed by atoms with Crippen LogP contribution in [0.4, 0.5) is 18.0 Å². The maximum Gasteiger partial charge on any atom is 0.416 e. The fourth-order valence-electron chi connectivity index (χ4n) is 5.51. The number of carbonyl (C=O) groups excluding carboxylic acids is 1. The Hall–Kier alpha value is -3.56. The molecule has 1 saturated carbocycles. The van der Waals surface area contributed by atoms with Crippen LogP contribution in [0, 0.1) is 0 Å². The minimum Gasteiger partial charge on any atom is -0.488 e. The Labute approximate surface area is 251 Å². The first-order valence-electron chi connectivity index (χ1n) is 14.9. The van der Waals surface area contributed by atoms with E-state index in [1.54, 1.807) is 0 Å². The Balaban J connectivity index is 1.27. The number of nitrogens with zero attached hydrogens (tertiary/aromatic N) is 1. The molecular formula is C34H40F3N3O3. The van der Waals surface area contributed by atoms with E-state index in [-0.39, 0.29) is 24.1 Å². The van der Waals surface area contributed by atoms with Crippen LogP contribution in [-0.2, 0) is 17.5 Å². The number of hydrogen-bond donors (Lipinski definition) is 2. The number of benzene rings is 3. The first-order chi connectivity index (χ1) is 20.5. The highest BCUT2D eigenvalue weighted by atomic mass is 19.4. The summed E-state index contributed by atoms with van der Waals surface area (Å²) in [5, 5.41) is 6.92. The van der Waals surface area contributed by atoms with E-state index in [1.165, 1.54) is 12.1 Å². The van der Waals surface area contributed by atoms with Gasteiger partial charge in [0.05, 0.1) is 5.56 Å². The molecular weight excluding hydrogens is 555 g/mol. The zero-order chi connectivity index (χ0) is 30.6. The Morgan fingerprint density at radius 3 is 2.42 bits per heavy atom. The highest BCUT2D eigenvalue weighted by Gasteiger charge is 2.39. The first-order valence-corrected chi connectivity index (χ1v) is 14.9. The normalized spacial score (nSPS) is 20.1. The topological polar surface area (TPSA) is 62.8 Å². The van der Waals surface area contributed by atoms with Crippen molar-refractivity contribution in [1.82, 2.24) is 15.5 Å². The van der Waals surface area contributed by atoms with Crippen molar-refractivity contribution < 1.29 is 27.4 Å². The van der Waals surface area contributed by atoms with Gasteiger partial charge in [-0.15, -0.1) is 0 Å². The van der Waals surface area contributed by atoms with E-state index in [1.807, 2.05) is 74.2 Å². The average Bonchev–Trinajstić information content (AvgIpc) is 3.53. The molecule has 0 aromatic heterocycles. The monoisotopic (exact) mass is 595 g/mol. The molecule has 1 amide bonds. The highest BCUT2D eigenvalue weighted by Crippen LogP contribution is 2.44. The van der Waals surface area contributed by atoms with Gasteiger partial charge in [-0.05, 0) is 81.1 Å². The second-order valence-corrected chi connectivity index (χ2v) is 12.3. The van der Waals surface area contributed by atoms with Gasteiger partial charge in [-0.25, -0.2) is 4.79 Å². The molecule has 5 rings (SSSR count). The van der Waals surface area contributed by atoms with Crippen molar-refractivity contribution in [3.8, 4) is 16.9 Å². The molecule has 1 heterocycles. The summed E-state index contributed by atoms with van der Waals surface area (Å²) in [6, 6.07) is 21.3. The fraction of sp³-hybridized carbons (Fsp3) is 0.441. The van der Waals surface area contributed by atoms with Crippen molar-refractivity contribution in [3.05, 3.63) is 89.5 Å². The number of halogens is 3. The molecule has 9 heteroatoms. The highest BCUT2D eigenvalue weighted by molar-refractivity contribution is 5.72. The van der Waals surface area contributed by atoms with Crippen molar-refractivity contribution in [2.45, 2.75) is 70.0 Å². The zero-order valence-corrected chi connectivity index (χ0v) is 24.9. The third kappa shape index (κ3) is 8.30. The Morgan fingerprint density at radius 2 is 1.77 bits per heavy atom. The Morgan fingerprint density at radius 1 is 1.02 bits per heavy atom. The van der Waals surface area contributed by atoms with Gasteiger partial charge in [-0.2, -0.15) is 13.2 Å². The van der Waals surface area contributed by atoms with Crippen LogP contribution in [0.5, 0.6) is 5.75 Å². The third-order valence-electron chi connectivity index (χ3n) is 7.84. The van der Waals surface area contributed by atoms with Crippen LogP contribution in [0.15, 0.2) is 72.8 Å². The number of alkyl halides is 3. The summed E-state index contributed by atoms with van der Waals surface area (Å²) in [5.74, 6) is 0.884. The number of nitrogens with one attached hydrogen (secondary N) is 2. The number of rotatable bonds is 10. The molecule has 3 aromatic carbocycles. The Bertz CT molecular complexity index is 1370. The third-order valence-corrected chi connectivity index (χ3v) is 7.84. The largest absolute Gasteiger partial charge is 0.488 e. The van der Waals surface area contributed by atoms with Crippen LogP contribution in [0.1, 0.15) is 56.2 Å². The van der Waals surface area contributed by atoms with Crippen molar-refractivity contribution in [2.75, 3.05) is 26.2 Å². The van der Waals surface area contributed by atoms with E-state index in [4.69, 9.17) is 9.47 Å². The first kappa shape index (κ1) is 30.9. The van der Waals surface area contributed by atoms with Gasteiger partial charge in [0.2, 0.25) is 0 Å². The second kappa shape index (κ2) is 13.0. The van der Waals surface area contributed by atoms with E-state index in [2.05, 4.69) is 10.6 Å². The molecule has 0 unspecified atom stereocenters. The average molecular weight is 596 g/mol. The maximum absolute atomic E-state index is 13.2. The minimum atomic E-state index is -4.40. The van der Waals surface area contributed by atoms with E-state index < -0.39 is 17.3 Å². The molecule has 2 N–H and O–H groups in total. The van der Waals surface area contributed by atoms with E-state index in [9.17, 15) is 18.0 Å². The molecule has 1 aliphatic heterocycles. The van der Waals surface area contributed by atoms with Gasteiger partial charge >= 0.3 is 12.3 Å². The van der Waals surface area contributed by atoms with Gasteiger partial charge in [-0.3, -0.25) is 0 Å². The number of ether oxygens (including phenoxy) is 2. The van der Waals surface area contributed by atoms with Crippen LogP contribution in [0.25, 0.3) is 11.1 Å². The van der Waals surface area contributed by atoms with E-state index in [0.717, 1.165) is 54.8 Å². The number of carbonyl (C=O) groups is 1. The molecule has 1 aliphatic carbocycles. The van der Waals surface area contributed by atoms with E-state index >= 15 is 0 Å². The molecule has 0 radical (unpaired) electrons. The molecule has 3 atom stereocenters. The maximum atomic E-state index is 13.2. The Kier molecular flexibility index (Phi) is 9.32. The van der Waals surface area contributed by atoms with Gasteiger partial charge in [0.1, 0.15) is 18.0 Å². The molecule has 0 bridgehead atoms. The molecule has 2 aliphatic rings. The zero-order valence-electron chi connectivity index (χ0n) is 24.9. The molecule has 0 spiro atoms. The molecule has 230 valence electrons. The lowest BCUT2D eigenvalue weighted by Crippen LogP contribution is -2.47. The lowest BCUT2D eigenvalue weighted by atomic mass is 9.98. The lowest BCUT2D eigenvalue weighted by molar-refractivity contribution is -0.137. The predicted octanol–water partition coefficient (Wildman–Crippen LogP) is 7.00. The quantitative estimate of drug-likeness (QED) is 0.264. The van der Waals surface area contributed by atoms with E-state index in [0.29, 0.717) is 31.0 Å². The fourth-order valence-corrected chi connectivity index (χ4v) is 5.51. The predicted molar refractivity (Wildman–Crippen MR) is 161 cm³/mol. The summed E-state index contributed by atoms with van der Waals surface area (Å²) in [5.41, 5.74) is 2.30. The van der Waals surface area contributed by atoms with Crippen molar-refractivity contribution >= 4 is 6.09 Å². The van der Waals surface area contributed by atoms with Gasteiger partial charge in [-0.1, -0.05) is 48.5 Å². The van der Waals surface area contributed by atoms with Crippen LogP contribution in [-0.4, -0.2) is 54.9 Å². The smallest absolute Gasteiger partial charge is 0.416 e. The van der Waals surface area contributed by atoms with Crippen molar-refractivity contribution in [2.24, 2.45) is 0 Å². The van der Waals surface area contributed by atoms with Crippen LogP contribution < -0.4 is 15.4 Å².